The van der Waals surface area contributed by atoms with E-state index in [9.17, 15) is 9.59 Å². The van der Waals surface area contributed by atoms with Crippen LogP contribution < -0.4 is 5.32 Å². The zero-order valence-electron chi connectivity index (χ0n) is 17.4. The highest BCUT2D eigenvalue weighted by molar-refractivity contribution is 5.93. The number of nitrogens with zero attached hydrogens (tertiary/aromatic N) is 3. The van der Waals surface area contributed by atoms with Crippen molar-refractivity contribution in [1.29, 1.82) is 0 Å². The van der Waals surface area contributed by atoms with Gasteiger partial charge >= 0.3 is 0 Å². The highest BCUT2D eigenvalue weighted by atomic mass is 16.2. The minimum absolute atomic E-state index is 0.0844. The van der Waals surface area contributed by atoms with Gasteiger partial charge in [-0.3, -0.25) is 14.3 Å². The summed E-state index contributed by atoms with van der Waals surface area (Å²) in [5.74, 6) is 0.576. The number of piperidine rings is 1. The normalized spacial score (nSPS) is 14.9. The molecule has 1 aliphatic rings. The number of aromatic amines is 1. The quantitative estimate of drug-likeness (QED) is 0.632. The number of amides is 2. The van der Waals surface area contributed by atoms with Crippen LogP contribution in [0.1, 0.15) is 41.6 Å². The molecule has 0 spiro atoms. The van der Waals surface area contributed by atoms with Crippen LogP contribution in [0.3, 0.4) is 0 Å². The van der Waals surface area contributed by atoms with Crippen LogP contribution in [-0.2, 0) is 18.3 Å². The third kappa shape index (κ3) is 4.72. The third-order valence-electron chi connectivity index (χ3n) is 6.00. The first-order valence-corrected chi connectivity index (χ1v) is 10.7. The smallest absolute Gasteiger partial charge is 0.254 e. The Hall–Kier alpha value is -3.09. The molecule has 1 saturated heterocycles. The molecular weight excluding hydrogens is 378 g/mol. The van der Waals surface area contributed by atoms with Gasteiger partial charge in [0.15, 0.2) is 0 Å². The maximum Gasteiger partial charge on any atom is 0.254 e. The van der Waals surface area contributed by atoms with E-state index >= 15 is 0 Å². The summed E-state index contributed by atoms with van der Waals surface area (Å²) in [6, 6.07) is 8.28. The summed E-state index contributed by atoms with van der Waals surface area (Å²) in [5.41, 5.74) is 3.01. The van der Waals surface area contributed by atoms with Crippen LogP contribution in [0.2, 0.25) is 0 Å². The van der Waals surface area contributed by atoms with E-state index in [1.807, 2.05) is 17.0 Å². The zero-order chi connectivity index (χ0) is 20.9. The lowest BCUT2D eigenvalue weighted by Crippen LogP contribution is -2.41. The summed E-state index contributed by atoms with van der Waals surface area (Å²) in [5, 5.41) is 8.27. The summed E-state index contributed by atoms with van der Waals surface area (Å²) in [6.07, 6.45) is 9.57. The van der Waals surface area contributed by atoms with Gasteiger partial charge < -0.3 is 15.2 Å². The summed E-state index contributed by atoms with van der Waals surface area (Å²) in [4.78, 5) is 30.0. The van der Waals surface area contributed by atoms with Gasteiger partial charge in [-0.1, -0.05) is 18.2 Å². The molecule has 2 amide bonds. The van der Waals surface area contributed by atoms with Crippen molar-refractivity contribution < 1.29 is 9.59 Å². The molecule has 1 fully saturated rings. The van der Waals surface area contributed by atoms with Crippen molar-refractivity contribution in [2.24, 2.45) is 13.0 Å². The zero-order valence-corrected chi connectivity index (χ0v) is 17.4. The summed E-state index contributed by atoms with van der Waals surface area (Å²) < 4.78 is 1.62. The van der Waals surface area contributed by atoms with E-state index in [0.29, 0.717) is 24.4 Å². The molecule has 4 rings (SSSR count). The Morgan fingerprint density at radius 1 is 1.23 bits per heavy atom. The van der Waals surface area contributed by atoms with Crippen molar-refractivity contribution >= 4 is 22.7 Å². The van der Waals surface area contributed by atoms with Crippen LogP contribution in [-0.4, -0.2) is 51.1 Å². The van der Waals surface area contributed by atoms with E-state index in [4.69, 9.17) is 0 Å². The van der Waals surface area contributed by atoms with Gasteiger partial charge in [-0.25, -0.2) is 0 Å². The fourth-order valence-corrected chi connectivity index (χ4v) is 4.19. The summed E-state index contributed by atoms with van der Waals surface area (Å²) in [6.45, 7) is 2.20. The molecule has 2 N–H and O–H groups in total. The lowest BCUT2D eigenvalue weighted by molar-refractivity contribution is -0.132. The second-order valence-electron chi connectivity index (χ2n) is 8.15. The van der Waals surface area contributed by atoms with Gasteiger partial charge in [0, 0.05) is 56.4 Å². The lowest BCUT2D eigenvalue weighted by Gasteiger charge is -2.32. The SMILES string of the molecule is Cn1cc(C(=O)NCC2CCN(C(=O)CCCc3c[nH]c4ccccc34)CC2)cn1. The number of carbonyl (C=O) groups is 2. The number of carbonyl (C=O) groups excluding carboxylic acids is 2. The number of aromatic nitrogens is 3. The van der Waals surface area contributed by atoms with Crippen molar-refractivity contribution in [1.82, 2.24) is 25.0 Å². The Balaban J connectivity index is 1.16. The van der Waals surface area contributed by atoms with Gasteiger partial charge in [0.25, 0.3) is 5.91 Å². The number of nitrogens with one attached hydrogen (secondary N) is 2. The molecule has 0 aliphatic carbocycles. The molecule has 0 unspecified atom stereocenters. The first-order chi connectivity index (χ1) is 14.6. The average Bonchev–Trinajstić information content (AvgIpc) is 3.39. The molecule has 30 heavy (non-hydrogen) atoms. The molecule has 1 aliphatic heterocycles. The molecule has 2 aromatic heterocycles. The summed E-state index contributed by atoms with van der Waals surface area (Å²) in [7, 11) is 1.80. The van der Waals surface area contributed by atoms with Crippen molar-refractivity contribution in [2.45, 2.75) is 32.1 Å². The molecule has 0 saturated carbocycles. The van der Waals surface area contributed by atoms with E-state index in [0.717, 1.165) is 44.3 Å². The van der Waals surface area contributed by atoms with Gasteiger partial charge in [-0.2, -0.15) is 5.10 Å². The van der Waals surface area contributed by atoms with Crippen molar-refractivity contribution in [3.63, 3.8) is 0 Å². The first-order valence-electron chi connectivity index (χ1n) is 10.7. The highest BCUT2D eigenvalue weighted by Gasteiger charge is 2.23. The standard InChI is InChI=1S/C23H29N5O2/c1-27-16-19(15-26-27)23(30)25-13-17-9-11-28(12-10-17)22(29)8-4-5-18-14-24-21-7-3-2-6-20(18)21/h2-3,6-7,14-17,24H,4-5,8-13H2,1H3,(H,25,30). The Kier molecular flexibility index (Phi) is 6.16. The largest absolute Gasteiger partial charge is 0.361 e. The number of aryl methyl sites for hydroxylation is 2. The topological polar surface area (TPSA) is 83.0 Å². The average molecular weight is 408 g/mol. The van der Waals surface area contributed by atoms with Crippen LogP contribution in [0.5, 0.6) is 0 Å². The maximum atomic E-state index is 12.6. The predicted octanol–water partition coefficient (Wildman–Crippen LogP) is 2.89. The fourth-order valence-electron chi connectivity index (χ4n) is 4.19. The Morgan fingerprint density at radius 2 is 2.03 bits per heavy atom. The molecule has 0 bridgehead atoms. The molecule has 3 aromatic rings. The lowest BCUT2D eigenvalue weighted by atomic mass is 9.96. The monoisotopic (exact) mass is 407 g/mol. The van der Waals surface area contributed by atoms with Crippen LogP contribution in [0.4, 0.5) is 0 Å². The number of rotatable bonds is 7. The maximum absolute atomic E-state index is 12.6. The molecule has 0 radical (unpaired) electrons. The van der Waals surface area contributed by atoms with E-state index in [-0.39, 0.29) is 11.8 Å². The van der Waals surface area contributed by atoms with Crippen LogP contribution in [0, 0.1) is 5.92 Å². The third-order valence-corrected chi connectivity index (χ3v) is 6.00. The number of hydrogen-bond donors (Lipinski definition) is 2. The van der Waals surface area contributed by atoms with E-state index in [1.165, 1.54) is 10.9 Å². The van der Waals surface area contributed by atoms with Crippen LogP contribution in [0.25, 0.3) is 10.9 Å². The molecule has 7 nitrogen and oxygen atoms in total. The van der Waals surface area contributed by atoms with Crippen molar-refractivity contribution in [3.8, 4) is 0 Å². The van der Waals surface area contributed by atoms with E-state index < -0.39 is 0 Å². The summed E-state index contributed by atoms with van der Waals surface area (Å²) >= 11 is 0. The Morgan fingerprint density at radius 3 is 2.80 bits per heavy atom. The number of fused-ring (bicyclic) bond motifs is 1. The van der Waals surface area contributed by atoms with E-state index in [2.05, 4.69) is 33.7 Å². The molecule has 158 valence electrons. The molecule has 3 heterocycles. The van der Waals surface area contributed by atoms with Crippen LogP contribution in [0.15, 0.2) is 42.9 Å². The van der Waals surface area contributed by atoms with Crippen LogP contribution >= 0.6 is 0 Å². The number of likely N-dealkylation sites (tertiary alicyclic amines) is 1. The Bertz CT molecular complexity index is 1010. The van der Waals surface area contributed by atoms with Gasteiger partial charge in [-0.15, -0.1) is 0 Å². The molecule has 1 aromatic carbocycles. The molecule has 7 heteroatoms. The minimum Gasteiger partial charge on any atom is -0.361 e. The fraction of sp³-hybridized carbons (Fsp3) is 0.435. The van der Waals surface area contributed by atoms with Crippen molar-refractivity contribution in [2.75, 3.05) is 19.6 Å². The second-order valence-corrected chi connectivity index (χ2v) is 8.15. The number of benzene rings is 1. The predicted molar refractivity (Wildman–Crippen MR) is 116 cm³/mol. The van der Waals surface area contributed by atoms with Gasteiger partial charge in [-0.05, 0) is 43.2 Å². The number of H-pyrrole nitrogens is 1. The number of hydrogen-bond acceptors (Lipinski definition) is 3. The van der Waals surface area contributed by atoms with Crippen molar-refractivity contribution in [3.05, 3.63) is 54.0 Å². The highest BCUT2D eigenvalue weighted by Crippen LogP contribution is 2.21. The minimum atomic E-state index is -0.0844. The molecular formula is C23H29N5O2. The van der Waals surface area contributed by atoms with E-state index in [1.54, 1.807) is 24.1 Å². The second kappa shape index (κ2) is 9.15. The Labute approximate surface area is 176 Å². The van der Waals surface area contributed by atoms with Gasteiger partial charge in [0.1, 0.15) is 0 Å². The number of para-hydroxylation sites is 1. The first kappa shape index (κ1) is 20.2. The molecule has 0 atom stereocenters. The van der Waals surface area contributed by atoms with Gasteiger partial charge in [0.2, 0.25) is 5.91 Å². The van der Waals surface area contributed by atoms with Gasteiger partial charge in [0.05, 0.1) is 11.8 Å².